The summed E-state index contributed by atoms with van der Waals surface area (Å²) in [5, 5.41) is 12.4. The van der Waals surface area contributed by atoms with Gasteiger partial charge in [0.05, 0.1) is 23.8 Å². The number of hydrogen-bond acceptors (Lipinski definition) is 8. The van der Waals surface area contributed by atoms with E-state index in [2.05, 4.69) is 20.8 Å². The minimum absolute atomic E-state index is 0.363. The lowest BCUT2D eigenvalue weighted by Gasteiger charge is -2.13. The van der Waals surface area contributed by atoms with Gasteiger partial charge in [0, 0.05) is 27.6 Å². The van der Waals surface area contributed by atoms with E-state index < -0.39 is 0 Å². The number of nitriles is 1. The third-order valence-electron chi connectivity index (χ3n) is 4.78. The van der Waals surface area contributed by atoms with Crippen molar-refractivity contribution in [2.24, 2.45) is 0 Å². The molecule has 3 heterocycles. The Bertz CT molecular complexity index is 1470. The van der Waals surface area contributed by atoms with E-state index in [-0.39, 0.29) is 5.82 Å². The minimum atomic E-state index is -0.368. The Morgan fingerprint density at radius 2 is 1.97 bits per heavy atom. The van der Waals surface area contributed by atoms with Gasteiger partial charge in [0.2, 0.25) is 0 Å². The predicted molar refractivity (Wildman–Crippen MR) is 130 cm³/mol. The summed E-state index contributed by atoms with van der Waals surface area (Å²) in [5.41, 5.74) is 2.35. The molecule has 0 saturated heterocycles. The molecule has 0 aliphatic heterocycles. The fourth-order valence-electron chi connectivity index (χ4n) is 3.20. The highest BCUT2D eigenvalue weighted by molar-refractivity contribution is 8.00. The van der Waals surface area contributed by atoms with Gasteiger partial charge in [0.25, 0.3) is 0 Å². The number of nitrogens with one attached hydrogen (secondary N) is 1. The fraction of sp³-hybridized carbons (Fsp3) is 0. The lowest BCUT2D eigenvalue weighted by atomic mass is 10.1. The molecular formula is C25H15FN4O2S2. The van der Waals surface area contributed by atoms with Crippen molar-refractivity contribution in [3.05, 3.63) is 96.1 Å². The maximum Gasteiger partial charge on any atom is 0.192 e. The van der Waals surface area contributed by atoms with Crippen molar-refractivity contribution in [2.75, 3.05) is 4.72 Å². The second-order valence-electron chi connectivity index (χ2n) is 6.95. The number of benzene rings is 2. The number of pyridine rings is 1. The molecule has 6 nitrogen and oxygen atoms in total. The number of aromatic nitrogens is 2. The molecular weight excluding hydrogens is 471 g/mol. The molecule has 0 unspecified atom stereocenters. The van der Waals surface area contributed by atoms with Crippen LogP contribution in [-0.2, 0) is 0 Å². The van der Waals surface area contributed by atoms with Crippen molar-refractivity contribution in [2.45, 2.75) is 4.90 Å². The highest BCUT2D eigenvalue weighted by Crippen LogP contribution is 2.37. The molecule has 0 radical (unpaired) electrons. The smallest absolute Gasteiger partial charge is 0.192 e. The molecule has 0 aliphatic carbocycles. The van der Waals surface area contributed by atoms with Gasteiger partial charge in [-0.05, 0) is 60.5 Å². The molecule has 3 aromatic heterocycles. The van der Waals surface area contributed by atoms with Crippen LogP contribution in [0, 0.1) is 17.1 Å². The van der Waals surface area contributed by atoms with Gasteiger partial charge in [-0.25, -0.2) is 14.4 Å². The van der Waals surface area contributed by atoms with E-state index in [0.29, 0.717) is 39.6 Å². The zero-order valence-corrected chi connectivity index (χ0v) is 19.1. The number of rotatable bonds is 7. The average Bonchev–Trinajstić information content (AvgIpc) is 3.59. The number of halogens is 1. The summed E-state index contributed by atoms with van der Waals surface area (Å²) in [6.45, 7) is 0. The predicted octanol–water partition coefficient (Wildman–Crippen LogP) is 7.39. The first-order valence-corrected chi connectivity index (χ1v) is 11.7. The van der Waals surface area contributed by atoms with E-state index in [9.17, 15) is 9.65 Å². The lowest BCUT2D eigenvalue weighted by molar-refractivity contribution is 0.480. The number of furan rings is 1. The fourth-order valence-corrected chi connectivity index (χ4v) is 4.46. The van der Waals surface area contributed by atoms with Crippen LogP contribution >= 0.6 is 23.3 Å². The van der Waals surface area contributed by atoms with Crippen molar-refractivity contribution >= 4 is 28.4 Å². The number of nitrogens with zero attached hydrogens (tertiary/aromatic N) is 3. The molecule has 0 fully saturated rings. The first kappa shape index (κ1) is 21.7. The van der Waals surface area contributed by atoms with Gasteiger partial charge in [0.15, 0.2) is 10.9 Å². The topological polar surface area (TPSA) is 84.0 Å². The number of ether oxygens (including phenoxy) is 1. The van der Waals surface area contributed by atoms with Crippen molar-refractivity contribution < 1.29 is 13.5 Å². The first-order valence-electron chi connectivity index (χ1n) is 10.0. The molecule has 9 heteroatoms. The van der Waals surface area contributed by atoms with Crippen molar-refractivity contribution in [3.8, 4) is 40.1 Å². The number of hydrogen-bond donors (Lipinski definition) is 1. The second-order valence-corrected chi connectivity index (χ2v) is 8.72. The largest absolute Gasteiger partial charge is 0.472 e. The summed E-state index contributed by atoms with van der Waals surface area (Å²) in [5.74, 6) is 0.429. The van der Waals surface area contributed by atoms with Crippen LogP contribution in [0.4, 0.5) is 9.52 Å². The van der Waals surface area contributed by atoms with Crippen LogP contribution in [0.15, 0.2) is 94.1 Å². The van der Waals surface area contributed by atoms with Crippen LogP contribution in [0.5, 0.6) is 11.5 Å². The van der Waals surface area contributed by atoms with Crippen molar-refractivity contribution in [1.29, 1.82) is 5.26 Å². The average molecular weight is 487 g/mol. The van der Waals surface area contributed by atoms with Gasteiger partial charge in [-0.15, -0.1) is 11.3 Å². The Morgan fingerprint density at radius 3 is 2.74 bits per heavy atom. The molecule has 0 spiro atoms. The maximum atomic E-state index is 14.3. The molecule has 2 aromatic carbocycles. The van der Waals surface area contributed by atoms with E-state index in [1.165, 1.54) is 41.9 Å². The van der Waals surface area contributed by atoms with E-state index in [1.807, 2.05) is 11.4 Å². The third kappa shape index (κ3) is 4.64. The minimum Gasteiger partial charge on any atom is -0.472 e. The Kier molecular flexibility index (Phi) is 6.25. The molecule has 5 rings (SSSR count). The maximum absolute atomic E-state index is 14.3. The Hall–Kier alpha value is -4.13. The van der Waals surface area contributed by atoms with Gasteiger partial charge >= 0.3 is 0 Å². The highest BCUT2D eigenvalue weighted by Gasteiger charge is 2.16. The second kappa shape index (κ2) is 9.79. The summed E-state index contributed by atoms with van der Waals surface area (Å²) >= 11 is 2.84. The Labute approximate surface area is 202 Å². The zero-order chi connectivity index (χ0) is 23.3. The monoisotopic (exact) mass is 486 g/mol. The molecule has 166 valence electrons. The molecule has 34 heavy (non-hydrogen) atoms. The van der Waals surface area contributed by atoms with Gasteiger partial charge < -0.3 is 13.9 Å². The summed E-state index contributed by atoms with van der Waals surface area (Å²) in [4.78, 5) is 9.66. The lowest BCUT2D eigenvalue weighted by Crippen LogP contribution is -1.96. The summed E-state index contributed by atoms with van der Waals surface area (Å²) in [6, 6.07) is 19.1. The number of anilines is 1. The first-order chi connectivity index (χ1) is 16.7. The van der Waals surface area contributed by atoms with E-state index in [0.717, 1.165) is 10.0 Å². The normalized spacial score (nSPS) is 10.6. The molecule has 1 N–H and O–H groups in total. The quantitative estimate of drug-likeness (QED) is 0.240. The summed E-state index contributed by atoms with van der Waals surface area (Å²) in [6.07, 6.45) is 4.78. The highest BCUT2D eigenvalue weighted by atomic mass is 32.2. The molecule has 5 aromatic rings. The number of thiazole rings is 1. The molecule has 0 aliphatic rings. The van der Waals surface area contributed by atoms with Gasteiger partial charge in [-0.2, -0.15) is 5.26 Å². The Morgan fingerprint density at radius 1 is 1.09 bits per heavy atom. The van der Waals surface area contributed by atoms with Crippen LogP contribution in [0.25, 0.3) is 22.5 Å². The van der Waals surface area contributed by atoms with Crippen molar-refractivity contribution in [1.82, 2.24) is 9.97 Å². The summed E-state index contributed by atoms with van der Waals surface area (Å²) in [7, 11) is 0. The van der Waals surface area contributed by atoms with Gasteiger partial charge in [0.1, 0.15) is 23.3 Å². The van der Waals surface area contributed by atoms with Gasteiger partial charge in [-0.3, -0.25) is 0 Å². The van der Waals surface area contributed by atoms with E-state index in [4.69, 9.17) is 9.15 Å². The third-order valence-corrected chi connectivity index (χ3v) is 6.39. The van der Waals surface area contributed by atoms with Crippen LogP contribution < -0.4 is 9.46 Å². The standard InChI is InChI=1S/C25H15FN4O2S2/c26-20-4-2-1-3-19(20)21-6-8-23(24(29-21)16-9-11-31-15-16)32-22-7-5-18(13-17(22)14-27)34-30-25-28-10-12-33-25/h1-13,15H,(H,28,30). The molecule has 0 amide bonds. The van der Waals surface area contributed by atoms with E-state index in [1.54, 1.807) is 54.7 Å². The summed E-state index contributed by atoms with van der Waals surface area (Å²) < 4.78 is 28.8. The molecule has 0 saturated carbocycles. The van der Waals surface area contributed by atoms with Gasteiger partial charge in [-0.1, -0.05) is 12.1 Å². The zero-order valence-electron chi connectivity index (χ0n) is 17.4. The molecule has 0 bridgehead atoms. The van der Waals surface area contributed by atoms with E-state index >= 15 is 0 Å². The van der Waals surface area contributed by atoms with Crippen LogP contribution in [0.2, 0.25) is 0 Å². The molecule has 0 atom stereocenters. The SMILES string of the molecule is N#Cc1cc(SNc2nccs2)ccc1Oc1ccc(-c2ccccc2F)nc1-c1ccoc1. The van der Waals surface area contributed by atoms with Crippen LogP contribution in [-0.4, -0.2) is 9.97 Å². The van der Waals surface area contributed by atoms with Crippen LogP contribution in [0.3, 0.4) is 0 Å². The Balaban J connectivity index is 1.47. The van der Waals surface area contributed by atoms with Crippen molar-refractivity contribution in [3.63, 3.8) is 0 Å². The van der Waals surface area contributed by atoms with Crippen LogP contribution in [0.1, 0.15) is 5.56 Å².